The van der Waals surface area contributed by atoms with Crippen molar-refractivity contribution >= 4 is 27.5 Å². The summed E-state index contributed by atoms with van der Waals surface area (Å²) in [5, 5.41) is 2.49. The van der Waals surface area contributed by atoms with E-state index in [1.165, 1.54) is 36.4 Å². The number of halogens is 3. The Balaban J connectivity index is 2.25. The smallest absolute Gasteiger partial charge is 0.259 e. The Morgan fingerprint density at radius 2 is 1.72 bits per heavy atom. The number of anilines is 1. The Morgan fingerprint density at radius 1 is 1.06 bits per heavy atom. The summed E-state index contributed by atoms with van der Waals surface area (Å²) in [6, 6.07) is 9.50. The molecule has 0 bridgehead atoms. The van der Waals surface area contributed by atoms with Crippen molar-refractivity contribution in [3.63, 3.8) is 0 Å². The molecule has 0 unspecified atom stereocenters. The summed E-state index contributed by atoms with van der Waals surface area (Å²) in [7, 11) is 0. The van der Waals surface area contributed by atoms with Crippen LogP contribution in [0.25, 0.3) is 0 Å². The molecule has 2 rings (SSSR count). The molecule has 0 atom stereocenters. The van der Waals surface area contributed by atoms with E-state index in [4.69, 9.17) is 0 Å². The topological polar surface area (TPSA) is 29.1 Å². The van der Waals surface area contributed by atoms with Gasteiger partial charge in [0.2, 0.25) is 0 Å². The average Bonchev–Trinajstić information content (AvgIpc) is 2.32. The molecule has 2 nitrogen and oxygen atoms in total. The highest BCUT2D eigenvalue weighted by Crippen LogP contribution is 2.21. The lowest BCUT2D eigenvalue weighted by atomic mass is 10.2. The van der Waals surface area contributed by atoms with Crippen LogP contribution >= 0.6 is 15.9 Å². The van der Waals surface area contributed by atoms with Crippen LogP contribution in [0.15, 0.2) is 46.9 Å². The molecule has 1 amide bonds. The van der Waals surface area contributed by atoms with Gasteiger partial charge in [-0.1, -0.05) is 6.07 Å². The number of nitrogens with one attached hydrogen (secondary N) is 1. The van der Waals surface area contributed by atoms with Gasteiger partial charge >= 0.3 is 0 Å². The van der Waals surface area contributed by atoms with Crippen LogP contribution < -0.4 is 5.32 Å². The second-order valence-electron chi connectivity index (χ2n) is 3.56. The van der Waals surface area contributed by atoms with E-state index in [1.54, 1.807) is 6.07 Å². The molecule has 0 saturated heterocycles. The number of hydrogen-bond donors (Lipinski definition) is 1. The predicted octanol–water partition coefficient (Wildman–Crippen LogP) is 3.98. The van der Waals surface area contributed by atoms with E-state index in [-0.39, 0.29) is 5.56 Å². The number of carbonyl (C=O) groups excluding carboxylic acids is 1. The zero-order valence-corrected chi connectivity index (χ0v) is 10.7. The van der Waals surface area contributed by atoms with Gasteiger partial charge in [0.05, 0.1) is 5.56 Å². The van der Waals surface area contributed by atoms with Crippen molar-refractivity contribution in [1.82, 2.24) is 0 Å². The normalized spacial score (nSPS) is 10.2. The summed E-state index contributed by atoms with van der Waals surface area (Å²) >= 11 is 3.11. The van der Waals surface area contributed by atoms with Gasteiger partial charge in [0, 0.05) is 10.2 Å². The average molecular weight is 312 g/mol. The van der Waals surface area contributed by atoms with E-state index in [2.05, 4.69) is 21.2 Å². The molecule has 0 saturated carbocycles. The molecule has 92 valence electrons. The van der Waals surface area contributed by atoms with Crippen LogP contribution in [-0.2, 0) is 0 Å². The van der Waals surface area contributed by atoms with Gasteiger partial charge in [0.25, 0.3) is 5.91 Å². The quantitative estimate of drug-likeness (QED) is 0.893. The van der Waals surface area contributed by atoms with Crippen molar-refractivity contribution in [2.24, 2.45) is 0 Å². The Kier molecular flexibility index (Phi) is 3.72. The van der Waals surface area contributed by atoms with Crippen molar-refractivity contribution in [3.05, 3.63) is 64.1 Å². The van der Waals surface area contributed by atoms with Gasteiger partial charge in [0.15, 0.2) is 0 Å². The third-order valence-electron chi connectivity index (χ3n) is 2.29. The van der Waals surface area contributed by atoms with E-state index in [9.17, 15) is 13.6 Å². The monoisotopic (exact) mass is 311 g/mol. The van der Waals surface area contributed by atoms with Crippen LogP contribution in [0, 0.1) is 11.6 Å². The number of amides is 1. The maximum Gasteiger partial charge on any atom is 0.259 e. The lowest BCUT2D eigenvalue weighted by Gasteiger charge is -2.07. The zero-order valence-electron chi connectivity index (χ0n) is 9.08. The van der Waals surface area contributed by atoms with E-state index in [1.807, 2.05) is 0 Å². The highest BCUT2D eigenvalue weighted by Gasteiger charge is 2.15. The molecule has 1 N–H and O–H groups in total. The lowest BCUT2D eigenvalue weighted by Crippen LogP contribution is -2.14. The third-order valence-corrected chi connectivity index (χ3v) is 2.95. The Hall–Kier alpha value is -1.75. The fourth-order valence-corrected chi connectivity index (χ4v) is 1.96. The van der Waals surface area contributed by atoms with Gasteiger partial charge in [-0.25, -0.2) is 8.78 Å². The second kappa shape index (κ2) is 5.27. The van der Waals surface area contributed by atoms with E-state index >= 15 is 0 Å². The van der Waals surface area contributed by atoms with Crippen molar-refractivity contribution in [2.45, 2.75) is 0 Å². The van der Waals surface area contributed by atoms with E-state index < -0.39 is 17.5 Å². The van der Waals surface area contributed by atoms with Crippen LogP contribution in [-0.4, -0.2) is 5.91 Å². The lowest BCUT2D eigenvalue weighted by molar-refractivity contribution is 0.102. The minimum Gasteiger partial charge on any atom is -0.322 e. The fraction of sp³-hybridized carbons (Fsp3) is 0. The summed E-state index contributed by atoms with van der Waals surface area (Å²) in [5.41, 5.74) is 0.318. The zero-order chi connectivity index (χ0) is 13.1. The number of hydrogen-bond acceptors (Lipinski definition) is 1. The first-order valence-electron chi connectivity index (χ1n) is 5.09. The molecule has 0 radical (unpaired) electrons. The summed E-state index contributed by atoms with van der Waals surface area (Å²) in [6.07, 6.45) is 0. The van der Waals surface area contributed by atoms with Gasteiger partial charge < -0.3 is 5.32 Å². The van der Waals surface area contributed by atoms with Crippen molar-refractivity contribution in [3.8, 4) is 0 Å². The molecule has 2 aromatic rings. The van der Waals surface area contributed by atoms with Gasteiger partial charge in [-0.05, 0) is 52.3 Å². The van der Waals surface area contributed by atoms with Gasteiger partial charge in [-0.2, -0.15) is 0 Å². The summed E-state index contributed by atoms with van der Waals surface area (Å²) < 4.78 is 26.6. The Bertz CT molecular complexity index is 564. The molecule has 0 aliphatic rings. The summed E-state index contributed by atoms with van der Waals surface area (Å²) in [6.45, 7) is 0. The Morgan fingerprint density at radius 3 is 2.33 bits per heavy atom. The predicted molar refractivity (Wildman–Crippen MR) is 68.5 cm³/mol. The third kappa shape index (κ3) is 2.73. The van der Waals surface area contributed by atoms with Crippen LogP contribution in [0.3, 0.4) is 0 Å². The fourth-order valence-electron chi connectivity index (χ4n) is 1.44. The summed E-state index contributed by atoms with van der Waals surface area (Å²) in [5.74, 6) is -1.62. The standard InChI is InChI=1S/C13H8BrF2NO/c14-10-2-1-3-11(16)12(10)13(18)17-9-6-4-8(15)5-7-9/h1-7H,(H,17,18). The second-order valence-corrected chi connectivity index (χ2v) is 4.41. The number of benzene rings is 2. The molecule has 0 aliphatic heterocycles. The largest absolute Gasteiger partial charge is 0.322 e. The van der Waals surface area contributed by atoms with E-state index in [0.29, 0.717) is 10.2 Å². The van der Waals surface area contributed by atoms with E-state index in [0.717, 1.165) is 0 Å². The van der Waals surface area contributed by atoms with Gasteiger partial charge in [0.1, 0.15) is 11.6 Å². The SMILES string of the molecule is O=C(Nc1ccc(F)cc1)c1c(F)cccc1Br. The highest BCUT2D eigenvalue weighted by molar-refractivity contribution is 9.10. The molecule has 0 spiro atoms. The molecule has 0 aromatic heterocycles. The Labute approximate surface area is 111 Å². The molecular formula is C13H8BrF2NO. The van der Waals surface area contributed by atoms with Crippen molar-refractivity contribution in [1.29, 1.82) is 0 Å². The van der Waals surface area contributed by atoms with Gasteiger partial charge in [-0.3, -0.25) is 4.79 Å². The molecule has 0 aliphatic carbocycles. The first-order valence-corrected chi connectivity index (χ1v) is 5.88. The number of rotatable bonds is 2. The van der Waals surface area contributed by atoms with Gasteiger partial charge in [-0.15, -0.1) is 0 Å². The first-order chi connectivity index (χ1) is 8.58. The minimum atomic E-state index is -0.621. The molecular weight excluding hydrogens is 304 g/mol. The molecule has 0 heterocycles. The maximum atomic E-state index is 13.5. The van der Waals surface area contributed by atoms with Crippen LogP contribution in [0.4, 0.5) is 14.5 Å². The first kappa shape index (κ1) is 12.7. The molecule has 0 fully saturated rings. The van der Waals surface area contributed by atoms with Crippen LogP contribution in [0.2, 0.25) is 0 Å². The minimum absolute atomic E-state index is 0.0816. The van der Waals surface area contributed by atoms with Crippen molar-refractivity contribution < 1.29 is 13.6 Å². The maximum absolute atomic E-state index is 13.5. The highest BCUT2D eigenvalue weighted by atomic mass is 79.9. The molecule has 5 heteroatoms. The summed E-state index contributed by atoms with van der Waals surface area (Å²) in [4.78, 5) is 11.9. The molecule has 2 aromatic carbocycles. The van der Waals surface area contributed by atoms with Crippen LogP contribution in [0.1, 0.15) is 10.4 Å². The number of carbonyl (C=O) groups is 1. The molecule has 18 heavy (non-hydrogen) atoms. The van der Waals surface area contributed by atoms with Crippen LogP contribution in [0.5, 0.6) is 0 Å². The van der Waals surface area contributed by atoms with Crippen molar-refractivity contribution in [2.75, 3.05) is 5.32 Å².